The molecule has 0 aromatic heterocycles. The molecule has 1 saturated heterocycles. The van der Waals surface area contributed by atoms with E-state index in [0.29, 0.717) is 37.0 Å². The van der Waals surface area contributed by atoms with Crippen LogP contribution in [0.3, 0.4) is 0 Å². The number of epoxide rings is 1. The second kappa shape index (κ2) is 12.7. The summed E-state index contributed by atoms with van der Waals surface area (Å²) in [6.07, 6.45) is 23.7. The zero-order chi connectivity index (χ0) is 33.3. The van der Waals surface area contributed by atoms with Crippen molar-refractivity contribution in [1.29, 1.82) is 0 Å². The van der Waals surface area contributed by atoms with Crippen LogP contribution < -0.4 is 0 Å². The molecule has 2 aliphatic heterocycles. The van der Waals surface area contributed by atoms with Crippen LogP contribution in [0, 0.1) is 10.8 Å². The number of rotatable bonds is 8. The van der Waals surface area contributed by atoms with E-state index in [1.807, 2.05) is 76.3 Å². The summed E-state index contributed by atoms with van der Waals surface area (Å²) in [7, 11) is 0. The van der Waals surface area contributed by atoms with Crippen LogP contribution in [-0.4, -0.2) is 51.2 Å². The van der Waals surface area contributed by atoms with Gasteiger partial charge in [0.15, 0.2) is 0 Å². The Kier molecular flexibility index (Phi) is 9.73. The van der Waals surface area contributed by atoms with Gasteiger partial charge in [-0.05, 0) is 75.0 Å². The van der Waals surface area contributed by atoms with Gasteiger partial charge in [0.05, 0.1) is 17.3 Å². The molecule has 45 heavy (non-hydrogen) atoms. The number of aliphatic hydroxyl groups excluding tert-OH is 1. The normalized spacial score (nSPS) is 35.2. The van der Waals surface area contributed by atoms with Crippen LogP contribution in [0.15, 0.2) is 101 Å². The lowest BCUT2D eigenvalue weighted by Gasteiger charge is -2.44. The number of ether oxygens (including phenoxy) is 3. The minimum Gasteiger partial charge on any atom is -0.462 e. The summed E-state index contributed by atoms with van der Waals surface area (Å²) in [6, 6.07) is 0. The van der Waals surface area contributed by atoms with Crippen molar-refractivity contribution in [1.82, 2.24) is 0 Å². The van der Waals surface area contributed by atoms with Gasteiger partial charge in [-0.2, -0.15) is 0 Å². The van der Waals surface area contributed by atoms with E-state index in [4.69, 9.17) is 14.2 Å². The van der Waals surface area contributed by atoms with E-state index in [9.17, 15) is 19.8 Å². The van der Waals surface area contributed by atoms with Gasteiger partial charge >= 0.3 is 11.9 Å². The van der Waals surface area contributed by atoms with Gasteiger partial charge in [-0.3, -0.25) is 4.79 Å². The molecule has 0 aromatic rings. The van der Waals surface area contributed by atoms with E-state index in [1.54, 1.807) is 31.2 Å². The highest BCUT2D eigenvalue weighted by Gasteiger charge is 2.74. The standard InChI is InChI=1S/C38H48O7/c1-26(18-19-32-34(3,4)24-31(43-27(2)39)25-36(32,7)42)15-11-9-10-12-17-30-21-28(33(41)44-30)16-13-14-20-38-35(5,6)22-29(40)23-37(38,8)45-38/h9-18,20-21,29,31,40,42H,22-25H2,1-8H3/b11-9+,12-10+,16-13+,20-14+,26-15+,30-17-/t19?,29-,31-,36+,37+,38-/m0/s1. The summed E-state index contributed by atoms with van der Waals surface area (Å²) in [5, 5.41) is 21.3. The van der Waals surface area contributed by atoms with E-state index in [-0.39, 0.29) is 34.6 Å². The molecule has 5 atom stereocenters. The van der Waals surface area contributed by atoms with Gasteiger partial charge in [0.25, 0.3) is 0 Å². The fourth-order valence-electron chi connectivity index (χ4n) is 7.44. The van der Waals surface area contributed by atoms with Crippen molar-refractivity contribution in [2.45, 2.75) is 110 Å². The third kappa shape index (κ3) is 7.67. The van der Waals surface area contributed by atoms with Crippen LogP contribution in [0.25, 0.3) is 0 Å². The maximum Gasteiger partial charge on any atom is 0.343 e. The Morgan fingerprint density at radius 3 is 2.36 bits per heavy atom. The molecule has 4 rings (SSSR count). The molecule has 0 bridgehead atoms. The van der Waals surface area contributed by atoms with Crippen LogP contribution in [0.5, 0.6) is 0 Å². The number of aliphatic hydroxyl groups is 2. The van der Waals surface area contributed by atoms with Crippen molar-refractivity contribution in [2.24, 2.45) is 10.8 Å². The Labute approximate surface area is 267 Å². The largest absolute Gasteiger partial charge is 0.462 e. The first kappa shape index (κ1) is 34.4. The van der Waals surface area contributed by atoms with Crippen molar-refractivity contribution in [3.05, 3.63) is 101 Å². The van der Waals surface area contributed by atoms with E-state index in [0.717, 1.165) is 11.1 Å². The lowest BCUT2D eigenvalue weighted by atomic mass is 9.63. The summed E-state index contributed by atoms with van der Waals surface area (Å²) < 4.78 is 16.9. The molecule has 2 heterocycles. The summed E-state index contributed by atoms with van der Waals surface area (Å²) in [5.41, 5.74) is 3.05. The highest BCUT2D eigenvalue weighted by atomic mass is 16.6. The van der Waals surface area contributed by atoms with Gasteiger partial charge in [-0.1, -0.05) is 70.2 Å². The smallest absolute Gasteiger partial charge is 0.343 e. The van der Waals surface area contributed by atoms with Crippen LogP contribution in [-0.2, 0) is 23.8 Å². The summed E-state index contributed by atoms with van der Waals surface area (Å²) in [5.74, 6) is -0.273. The lowest BCUT2D eigenvalue weighted by molar-refractivity contribution is -0.152. The zero-order valence-electron chi connectivity index (χ0n) is 27.8. The maximum atomic E-state index is 12.3. The van der Waals surface area contributed by atoms with Crippen molar-refractivity contribution >= 4 is 11.9 Å². The second-order valence-corrected chi connectivity index (χ2v) is 14.4. The van der Waals surface area contributed by atoms with Crippen LogP contribution in [0.4, 0.5) is 0 Å². The predicted molar refractivity (Wildman–Crippen MR) is 175 cm³/mol. The Morgan fingerprint density at radius 1 is 0.978 bits per heavy atom. The van der Waals surface area contributed by atoms with Crippen LogP contribution >= 0.6 is 0 Å². The molecule has 3 fully saturated rings. The first-order chi connectivity index (χ1) is 20.9. The SMILES string of the molecule is CC(=O)O[C@H]1CC(C)(C)C(=C=C/C(C)=C/C=C/C=C/C=C2C=C(/C=C/C=C/[C@@]34O[C@]3(C)C[C@@H](O)CC4(C)C)C(=O)O/2)[C@](C)(O)C1. The van der Waals surface area contributed by atoms with Crippen molar-refractivity contribution in [3.63, 3.8) is 0 Å². The third-order valence-electron chi connectivity index (χ3n) is 9.28. The number of esters is 2. The minimum atomic E-state index is -1.12. The fraction of sp³-hybridized carbons (Fsp3) is 0.500. The molecule has 0 radical (unpaired) electrons. The Hall–Kier alpha value is -3.48. The molecule has 2 saturated carbocycles. The molecule has 242 valence electrons. The first-order valence-electron chi connectivity index (χ1n) is 15.7. The van der Waals surface area contributed by atoms with Crippen molar-refractivity contribution in [2.75, 3.05) is 0 Å². The molecule has 2 aliphatic carbocycles. The van der Waals surface area contributed by atoms with Crippen molar-refractivity contribution in [3.8, 4) is 0 Å². The first-order valence-corrected chi connectivity index (χ1v) is 15.7. The third-order valence-corrected chi connectivity index (χ3v) is 9.28. The summed E-state index contributed by atoms with van der Waals surface area (Å²) >= 11 is 0. The topological polar surface area (TPSA) is 106 Å². The molecule has 7 nitrogen and oxygen atoms in total. The number of hydrogen-bond donors (Lipinski definition) is 2. The van der Waals surface area contributed by atoms with Gasteiger partial charge < -0.3 is 24.4 Å². The van der Waals surface area contributed by atoms with E-state index in [1.165, 1.54) is 6.92 Å². The number of hydrogen-bond acceptors (Lipinski definition) is 7. The Balaban J connectivity index is 1.33. The maximum absolute atomic E-state index is 12.3. The van der Waals surface area contributed by atoms with Gasteiger partial charge in [0, 0.05) is 30.8 Å². The highest BCUT2D eigenvalue weighted by Crippen LogP contribution is 2.66. The number of allylic oxidation sites excluding steroid dienone is 10. The van der Waals surface area contributed by atoms with Gasteiger partial charge in [0.2, 0.25) is 0 Å². The molecule has 0 amide bonds. The lowest BCUT2D eigenvalue weighted by Crippen LogP contribution is -2.46. The zero-order valence-corrected chi connectivity index (χ0v) is 27.8. The average molecular weight is 617 g/mol. The van der Waals surface area contributed by atoms with Gasteiger partial charge in [-0.15, -0.1) is 5.73 Å². The predicted octanol–water partition coefficient (Wildman–Crippen LogP) is 6.82. The molecule has 0 unspecified atom stereocenters. The molecule has 0 aromatic carbocycles. The van der Waals surface area contributed by atoms with E-state index in [2.05, 4.69) is 19.6 Å². The highest BCUT2D eigenvalue weighted by molar-refractivity contribution is 5.95. The molecular formula is C38H48O7. The number of carbonyl (C=O) groups excluding carboxylic acids is 2. The molecular weight excluding hydrogens is 568 g/mol. The average Bonchev–Trinajstić information content (AvgIpc) is 3.35. The van der Waals surface area contributed by atoms with E-state index >= 15 is 0 Å². The van der Waals surface area contributed by atoms with Crippen LogP contribution in [0.1, 0.15) is 81.1 Å². The quantitative estimate of drug-likeness (QED) is 0.133. The number of carbonyl (C=O) groups is 2. The van der Waals surface area contributed by atoms with Crippen LogP contribution in [0.2, 0.25) is 0 Å². The fourth-order valence-corrected chi connectivity index (χ4v) is 7.44. The Bertz CT molecular complexity index is 1460. The monoisotopic (exact) mass is 616 g/mol. The molecule has 4 aliphatic rings. The number of fused-ring (bicyclic) bond motifs is 1. The Morgan fingerprint density at radius 2 is 1.69 bits per heavy atom. The summed E-state index contributed by atoms with van der Waals surface area (Å²) in [4.78, 5) is 23.7. The number of cyclic esters (lactones) is 1. The second-order valence-electron chi connectivity index (χ2n) is 14.4. The van der Waals surface area contributed by atoms with E-state index < -0.39 is 17.2 Å². The summed E-state index contributed by atoms with van der Waals surface area (Å²) in [6.45, 7) is 15.4. The molecule has 0 spiro atoms. The van der Waals surface area contributed by atoms with Gasteiger partial charge in [0.1, 0.15) is 23.1 Å². The minimum absolute atomic E-state index is 0.193. The van der Waals surface area contributed by atoms with Gasteiger partial charge in [-0.25, -0.2) is 4.79 Å². The molecule has 2 N–H and O–H groups in total. The molecule has 7 heteroatoms. The van der Waals surface area contributed by atoms with Crippen molar-refractivity contribution < 1.29 is 34.0 Å².